The van der Waals surface area contributed by atoms with Crippen molar-refractivity contribution in [1.82, 2.24) is 14.9 Å². The zero-order valence-electron chi connectivity index (χ0n) is 23.7. The van der Waals surface area contributed by atoms with Crippen molar-refractivity contribution in [1.29, 1.82) is 0 Å². The molecule has 2 aromatic carbocycles. The lowest BCUT2D eigenvalue weighted by molar-refractivity contribution is -0.120. The number of fused-ring (bicyclic) bond motifs is 2. The van der Waals surface area contributed by atoms with Crippen LogP contribution >= 0.6 is 0 Å². The molecule has 0 saturated carbocycles. The maximum Gasteiger partial charge on any atom is 0.330 e. The number of aliphatic hydroxyl groups excluding tert-OH is 2. The molecule has 1 unspecified atom stereocenters. The van der Waals surface area contributed by atoms with E-state index in [0.717, 1.165) is 32.5 Å². The summed E-state index contributed by atoms with van der Waals surface area (Å²) in [6.07, 6.45) is 3.77. The standard InChI is InChI=1S/C32H34N4O7/c1-20-15-21-7-3-5-11-25(21)35(17-22-8-2-4-10-24(20)22)29(40)13-14-33-28(39)12-6-9-23-18-36(32(42)34-31(23)41)30-16-26(38)27(19-37)43-30/h2-11,15,18,26-27,30,37-38H,12-14,16-17,19H2,1H3,(H,33,39)(H,34,41,42)/b9-6+,20-15-/t26?,27-,30-/m1/s1. The zero-order chi connectivity index (χ0) is 30.5. The third-order valence-electron chi connectivity index (χ3n) is 7.62. The van der Waals surface area contributed by atoms with Gasteiger partial charge in [-0.3, -0.25) is 23.9 Å². The smallest absolute Gasteiger partial charge is 0.330 e. The first-order chi connectivity index (χ1) is 20.7. The molecule has 3 aromatic rings. The van der Waals surface area contributed by atoms with Crippen molar-refractivity contribution in [3.05, 3.63) is 104 Å². The lowest BCUT2D eigenvalue weighted by Gasteiger charge is -2.28. The van der Waals surface area contributed by atoms with Crippen molar-refractivity contribution < 1.29 is 24.5 Å². The number of allylic oxidation sites excluding steroid dienone is 1. The number of hydrogen-bond donors (Lipinski definition) is 4. The van der Waals surface area contributed by atoms with Crippen LogP contribution in [0.3, 0.4) is 0 Å². The molecule has 3 heterocycles. The van der Waals surface area contributed by atoms with Gasteiger partial charge in [-0.25, -0.2) is 4.79 Å². The number of hydrogen-bond acceptors (Lipinski definition) is 7. The summed E-state index contributed by atoms with van der Waals surface area (Å²) in [4.78, 5) is 54.4. The van der Waals surface area contributed by atoms with Gasteiger partial charge < -0.3 is 25.2 Å². The van der Waals surface area contributed by atoms with E-state index in [2.05, 4.69) is 23.3 Å². The second kappa shape index (κ2) is 13.2. The van der Waals surface area contributed by atoms with E-state index in [4.69, 9.17) is 4.74 Å². The van der Waals surface area contributed by atoms with Crippen LogP contribution in [0.15, 0.2) is 70.4 Å². The first kappa shape index (κ1) is 29.9. The highest BCUT2D eigenvalue weighted by Gasteiger charge is 2.35. The SMILES string of the molecule is C/C1=C/c2ccccc2N(C(=O)CCNC(=O)C/C=C/c2cn([C@H]3CC(O)[C@@H](CO)O3)c(=O)[nH]c2=O)Cc2ccccc21. The lowest BCUT2D eigenvalue weighted by Crippen LogP contribution is -2.35. The highest BCUT2D eigenvalue weighted by molar-refractivity contribution is 5.98. The molecule has 1 saturated heterocycles. The molecule has 1 aromatic heterocycles. The molecule has 2 aliphatic heterocycles. The van der Waals surface area contributed by atoms with Crippen LogP contribution in [0.5, 0.6) is 0 Å². The third-order valence-corrected chi connectivity index (χ3v) is 7.62. The first-order valence-electron chi connectivity index (χ1n) is 14.1. The van der Waals surface area contributed by atoms with E-state index < -0.39 is 36.3 Å². The summed E-state index contributed by atoms with van der Waals surface area (Å²) in [7, 11) is 0. The molecule has 0 spiro atoms. The number of carbonyl (C=O) groups is 2. The Bertz CT molecular complexity index is 1690. The molecule has 4 N–H and O–H groups in total. The number of rotatable bonds is 8. The molecule has 0 radical (unpaired) electrons. The van der Waals surface area contributed by atoms with Crippen molar-refractivity contribution in [3.63, 3.8) is 0 Å². The first-order valence-corrected chi connectivity index (χ1v) is 14.1. The number of nitrogens with zero attached hydrogens (tertiary/aromatic N) is 2. The van der Waals surface area contributed by atoms with Gasteiger partial charge in [0.2, 0.25) is 11.8 Å². The van der Waals surface area contributed by atoms with Crippen LogP contribution in [0.25, 0.3) is 17.7 Å². The summed E-state index contributed by atoms with van der Waals surface area (Å²) >= 11 is 0. The summed E-state index contributed by atoms with van der Waals surface area (Å²) < 4.78 is 6.65. The molecule has 11 heteroatoms. The molecule has 0 bridgehead atoms. The fourth-order valence-corrected chi connectivity index (χ4v) is 5.38. The van der Waals surface area contributed by atoms with Crippen LogP contribution in [0, 0.1) is 0 Å². The van der Waals surface area contributed by atoms with Gasteiger partial charge >= 0.3 is 5.69 Å². The van der Waals surface area contributed by atoms with E-state index in [9.17, 15) is 29.4 Å². The average Bonchev–Trinajstić information content (AvgIpc) is 3.36. The van der Waals surface area contributed by atoms with Gasteiger partial charge in [0.05, 0.1) is 30.5 Å². The number of anilines is 1. The molecule has 5 rings (SSSR count). The Morgan fingerprint density at radius 1 is 1.14 bits per heavy atom. The Morgan fingerprint density at radius 2 is 1.91 bits per heavy atom. The quantitative estimate of drug-likeness (QED) is 0.316. The van der Waals surface area contributed by atoms with Crippen molar-refractivity contribution in [2.24, 2.45) is 0 Å². The number of aromatic amines is 1. The molecule has 2 aliphatic rings. The number of aromatic nitrogens is 2. The third kappa shape index (κ3) is 6.75. The Balaban J connectivity index is 1.19. The zero-order valence-corrected chi connectivity index (χ0v) is 23.7. The maximum atomic E-state index is 13.4. The number of ether oxygens (including phenoxy) is 1. The summed E-state index contributed by atoms with van der Waals surface area (Å²) in [6, 6.07) is 15.7. The molecular weight excluding hydrogens is 552 g/mol. The maximum absolute atomic E-state index is 13.4. The molecule has 1 fully saturated rings. The number of aliphatic hydroxyl groups is 2. The number of amides is 2. The Morgan fingerprint density at radius 3 is 2.70 bits per heavy atom. The van der Waals surface area contributed by atoms with E-state index in [1.807, 2.05) is 48.5 Å². The van der Waals surface area contributed by atoms with Crippen LogP contribution in [0.4, 0.5) is 5.69 Å². The molecule has 0 aliphatic carbocycles. The fourth-order valence-electron chi connectivity index (χ4n) is 5.38. The van der Waals surface area contributed by atoms with Gasteiger partial charge in [0, 0.05) is 32.0 Å². The van der Waals surface area contributed by atoms with E-state index in [0.29, 0.717) is 6.54 Å². The van der Waals surface area contributed by atoms with Crippen LogP contribution in [0.2, 0.25) is 0 Å². The van der Waals surface area contributed by atoms with Gasteiger partial charge in [-0.2, -0.15) is 0 Å². The summed E-state index contributed by atoms with van der Waals surface area (Å²) in [5.74, 6) is -0.457. The topological polar surface area (TPSA) is 154 Å². The normalized spacial score (nSPS) is 21.0. The number of para-hydroxylation sites is 1. The van der Waals surface area contributed by atoms with Gasteiger partial charge in [-0.05, 0) is 41.3 Å². The molecule has 43 heavy (non-hydrogen) atoms. The summed E-state index contributed by atoms with van der Waals surface area (Å²) in [5, 5.41) is 22.0. The average molecular weight is 587 g/mol. The molecule has 224 valence electrons. The predicted octanol–water partition coefficient (Wildman–Crippen LogP) is 2.19. The van der Waals surface area contributed by atoms with E-state index in [-0.39, 0.29) is 43.2 Å². The highest BCUT2D eigenvalue weighted by atomic mass is 16.5. The van der Waals surface area contributed by atoms with Gasteiger partial charge in [-0.15, -0.1) is 0 Å². The second-order valence-corrected chi connectivity index (χ2v) is 10.6. The van der Waals surface area contributed by atoms with Crippen molar-refractivity contribution >= 4 is 35.2 Å². The van der Waals surface area contributed by atoms with Gasteiger partial charge in [0.1, 0.15) is 12.3 Å². The number of H-pyrrole nitrogens is 1. The van der Waals surface area contributed by atoms with E-state index in [1.165, 1.54) is 18.3 Å². The Hall–Kier alpha value is -4.58. The lowest BCUT2D eigenvalue weighted by atomic mass is 9.95. The fraction of sp³-hybridized carbons (Fsp3) is 0.312. The number of carbonyl (C=O) groups excluding carboxylic acids is 2. The molecule has 2 amide bonds. The van der Waals surface area contributed by atoms with Gasteiger partial charge in [0.15, 0.2) is 0 Å². The monoisotopic (exact) mass is 586 g/mol. The van der Waals surface area contributed by atoms with Crippen LogP contribution in [-0.2, 0) is 20.9 Å². The number of nitrogens with one attached hydrogen (secondary N) is 2. The van der Waals surface area contributed by atoms with Crippen molar-refractivity contribution in [2.45, 2.75) is 51.2 Å². The van der Waals surface area contributed by atoms with Gasteiger partial charge in [0.25, 0.3) is 5.56 Å². The Labute approximate surface area is 247 Å². The summed E-state index contributed by atoms with van der Waals surface area (Å²) in [5.41, 5.74) is 3.78. The van der Waals surface area contributed by atoms with Crippen molar-refractivity contribution in [3.8, 4) is 0 Å². The Kier molecular flexibility index (Phi) is 9.15. The van der Waals surface area contributed by atoms with Gasteiger partial charge in [-0.1, -0.05) is 54.6 Å². The van der Waals surface area contributed by atoms with Crippen LogP contribution < -0.4 is 21.5 Å². The second-order valence-electron chi connectivity index (χ2n) is 10.6. The van der Waals surface area contributed by atoms with E-state index >= 15 is 0 Å². The summed E-state index contributed by atoms with van der Waals surface area (Å²) in [6.45, 7) is 2.21. The van der Waals surface area contributed by atoms with E-state index in [1.54, 1.807) is 4.90 Å². The predicted molar refractivity (Wildman–Crippen MR) is 162 cm³/mol. The van der Waals surface area contributed by atoms with Crippen LogP contribution in [0.1, 0.15) is 54.7 Å². The van der Waals surface area contributed by atoms with Crippen LogP contribution in [-0.4, -0.2) is 56.9 Å². The minimum atomic E-state index is -0.946. The molecule has 11 nitrogen and oxygen atoms in total. The molecular formula is C32H34N4O7. The molecule has 3 atom stereocenters. The van der Waals surface area contributed by atoms with Crippen molar-refractivity contribution in [2.75, 3.05) is 18.1 Å². The minimum Gasteiger partial charge on any atom is -0.394 e. The minimum absolute atomic E-state index is 0.0536. The number of benzene rings is 2. The largest absolute Gasteiger partial charge is 0.394 e. The highest BCUT2D eigenvalue weighted by Crippen LogP contribution is 2.32.